The number of hydrogen-bond donors (Lipinski definition) is 0. The maximum Gasteiger partial charge on any atom is 0.337 e. The monoisotopic (exact) mass is 521 g/mol. The van der Waals surface area contributed by atoms with Crippen LogP contribution in [0.1, 0.15) is 32.0 Å². The summed E-state index contributed by atoms with van der Waals surface area (Å²) >= 11 is 1.10. The number of aryl methyl sites for hydroxylation is 1. The van der Waals surface area contributed by atoms with Gasteiger partial charge in [-0.25, -0.2) is 15.0 Å². The molecule has 0 N–H and O–H groups in total. The lowest BCUT2D eigenvalue weighted by molar-refractivity contribution is -0.117. The van der Waals surface area contributed by atoms with Crippen molar-refractivity contribution in [1.29, 1.82) is 0 Å². The standard InChI is InChI=1S/C21H18F2IN5O/c1-13-10-14-11-25-15(5-7-16(14)26-20(13)21(22,23)24)6-8-17-27-18(12-28(17)2)29-9-3-4-19(29)30/h5,7,11-12H,3-4,9-10H2,1-2H3. The van der Waals surface area contributed by atoms with E-state index in [1.807, 2.05) is 7.05 Å². The molecule has 0 spiro atoms. The number of amides is 1. The van der Waals surface area contributed by atoms with Crippen LogP contribution in [0, 0.1) is 11.8 Å². The molecule has 0 aliphatic carbocycles. The first kappa shape index (κ1) is 20.7. The van der Waals surface area contributed by atoms with Crippen LogP contribution in [0.5, 0.6) is 0 Å². The van der Waals surface area contributed by atoms with Gasteiger partial charge in [-0.15, -0.1) is 0 Å². The van der Waals surface area contributed by atoms with Gasteiger partial charge in [-0.2, -0.15) is 8.78 Å². The van der Waals surface area contributed by atoms with E-state index in [4.69, 9.17) is 0 Å². The molecule has 6 nitrogen and oxygen atoms in total. The number of anilines is 1. The van der Waals surface area contributed by atoms with Gasteiger partial charge < -0.3 is 4.57 Å². The Morgan fingerprint density at radius 1 is 1.27 bits per heavy atom. The van der Waals surface area contributed by atoms with E-state index in [0.29, 0.717) is 48.0 Å². The second-order valence-electron chi connectivity index (χ2n) is 7.24. The minimum Gasteiger partial charge on any atom is -0.325 e. The van der Waals surface area contributed by atoms with Crippen molar-refractivity contribution in [2.24, 2.45) is 17.0 Å². The number of carbonyl (C=O) groups is 1. The lowest BCUT2D eigenvalue weighted by Crippen LogP contribution is -2.23. The number of nitrogens with zero attached hydrogens (tertiary/aromatic N) is 5. The molecule has 3 aliphatic heterocycles. The van der Waals surface area contributed by atoms with Crippen molar-refractivity contribution >= 4 is 45.7 Å². The number of alkyl halides is 3. The molecule has 0 bridgehead atoms. The fourth-order valence-corrected chi connectivity index (χ4v) is 4.02. The molecule has 4 heterocycles. The Morgan fingerprint density at radius 3 is 2.77 bits per heavy atom. The first-order chi connectivity index (χ1) is 14.2. The Morgan fingerprint density at radius 2 is 2.07 bits per heavy atom. The number of allylic oxidation sites excluding steroid dienone is 5. The highest BCUT2D eigenvalue weighted by Gasteiger charge is 2.34. The maximum atomic E-state index is 13.8. The zero-order chi connectivity index (χ0) is 21.5. The topological polar surface area (TPSA) is 62.9 Å². The highest BCUT2D eigenvalue weighted by molar-refractivity contribution is 14.1. The van der Waals surface area contributed by atoms with Crippen LogP contribution in [0.3, 0.4) is 0 Å². The van der Waals surface area contributed by atoms with E-state index in [1.54, 1.807) is 40.9 Å². The Bertz CT molecular complexity index is 1140. The van der Waals surface area contributed by atoms with E-state index in [0.717, 1.165) is 34.6 Å². The van der Waals surface area contributed by atoms with E-state index in [9.17, 15) is 13.6 Å². The smallest absolute Gasteiger partial charge is 0.325 e. The van der Waals surface area contributed by atoms with E-state index < -0.39 is 3.93 Å². The molecule has 0 unspecified atom stereocenters. The van der Waals surface area contributed by atoms with Crippen molar-refractivity contribution in [3.8, 4) is 11.8 Å². The van der Waals surface area contributed by atoms with Crippen LogP contribution in [-0.4, -0.2) is 37.4 Å². The number of hydrogen-bond acceptors (Lipinski definition) is 4. The van der Waals surface area contributed by atoms with Gasteiger partial charge >= 0.3 is 3.93 Å². The van der Waals surface area contributed by atoms with Gasteiger partial charge in [0.1, 0.15) is 11.4 Å². The normalized spacial score (nSPS) is 19.0. The van der Waals surface area contributed by atoms with E-state index in [2.05, 4.69) is 26.8 Å². The molecule has 3 aliphatic rings. The summed E-state index contributed by atoms with van der Waals surface area (Å²) in [7, 11) is 1.82. The molecule has 0 aromatic carbocycles. The van der Waals surface area contributed by atoms with Crippen molar-refractivity contribution in [2.75, 3.05) is 11.4 Å². The molecule has 1 amide bonds. The molecule has 1 fully saturated rings. The molecular weight excluding hydrogens is 503 g/mol. The number of rotatable bonds is 2. The van der Waals surface area contributed by atoms with E-state index in [-0.39, 0.29) is 11.6 Å². The van der Waals surface area contributed by atoms with Gasteiger partial charge in [0.2, 0.25) is 5.91 Å². The molecule has 9 heteroatoms. The average Bonchev–Trinajstić information content (AvgIpc) is 3.19. The summed E-state index contributed by atoms with van der Waals surface area (Å²) in [5.41, 5.74) is 2.05. The van der Waals surface area contributed by atoms with Gasteiger partial charge in [-0.3, -0.25) is 9.69 Å². The minimum absolute atomic E-state index is 0.0686. The lowest BCUT2D eigenvalue weighted by atomic mass is 9.98. The SMILES string of the molecule is CC1=C(C(F)(F)I)N=C2C=CC(C#Cc3nc(N4CCCC4=O)cn3C)=NC=C2C1. The van der Waals surface area contributed by atoms with Gasteiger partial charge in [-0.1, -0.05) is 0 Å². The van der Waals surface area contributed by atoms with Crippen LogP contribution in [0.15, 0.2) is 51.4 Å². The zero-order valence-electron chi connectivity index (χ0n) is 16.4. The number of fused-ring (bicyclic) bond motifs is 1. The number of halogens is 3. The largest absolute Gasteiger partial charge is 0.337 e. The van der Waals surface area contributed by atoms with Gasteiger partial charge in [0.05, 0.1) is 5.71 Å². The van der Waals surface area contributed by atoms with Crippen LogP contribution >= 0.6 is 22.6 Å². The van der Waals surface area contributed by atoms with Crippen molar-refractivity contribution < 1.29 is 13.6 Å². The van der Waals surface area contributed by atoms with Crippen molar-refractivity contribution in [3.05, 3.63) is 47.2 Å². The molecule has 30 heavy (non-hydrogen) atoms. The van der Waals surface area contributed by atoms with Crippen LogP contribution in [-0.2, 0) is 11.8 Å². The van der Waals surface area contributed by atoms with Crippen molar-refractivity contribution in [2.45, 2.75) is 30.1 Å². The Hall–Kier alpha value is -2.61. The number of aliphatic imine (C=N–C) groups is 2. The van der Waals surface area contributed by atoms with Crippen LogP contribution in [0.2, 0.25) is 0 Å². The predicted octanol–water partition coefficient (Wildman–Crippen LogP) is 3.94. The average molecular weight is 521 g/mol. The quantitative estimate of drug-likeness (QED) is 0.337. The lowest BCUT2D eigenvalue weighted by Gasteiger charge is -2.20. The molecule has 4 rings (SSSR count). The fourth-order valence-electron chi connectivity index (χ4n) is 3.44. The number of imidazole rings is 1. The molecule has 1 aromatic heterocycles. The molecule has 1 aromatic rings. The van der Waals surface area contributed by atoms with Gasteiger partial charge in [0, 0.05) is 60.6 Å². The summed E-state index contributed by atoms with van der Waals surface area (Å²) in [5, 5.41) is 0. The summed E-state index contributed by atoms with van der Waals surface area (Å²) in [4.78, 5) is 26.5. The number of aromatic nitrogens is 2. The second-order valence-corrected chi connectivity index (χ2v) is 8.59. The van der Waals surface area contributed by atoms with Crippen LogP contribution < -0.4 is 4.90 Å². The summed E-state index contributed by atoms with van der Waals surface area (Å²) < 4.78 is 26.3. The fraction of sp³-hybridized carbons (Fsp3) is 0.333. The third kappa shape index (κ3) is 4.14. The molecule has 0 saturated carbocycles. The molecule has 0 atom stereocenters. The van der Waals surface area contributed by atoms with Crippen molar-refractivity contribution in [3.63, 3.8) is 0 Å². The first-order valence-corrected chi connectivity index (χ1v) is 10.5. The van der Waals surface area contributed by atoms with Gasteiger partial charge in [-0.05, 0) is 49.3 Å². The Kier molecular flexibility index (Phi) is 5.44. The summed E-state index contributed by atoms with van der Waals surface area (Å²) in [6.45, 7) is 2.32. The van der Waals surface area contributed by atoms with E-state index in [1.165, 1.54) is 0 Å². The Balaban J connectivity index is 1.57. The predicted molar refractivity (Wildman–Crippen MR) is 120 cm³/mol. The van der Waals surface area contributed by atoms with Crippen LogP contribution in [0.4, 0.5) is 14.6 Å². The van der Waals surface area contributed by atoms with Crippen molar-refractivity contribution in [1.82, 2.24) is 9.55 Å². The van der Waals surface area contributed by atoms with Gasteiger partial charge in [0.15, 0.2) is 11.6 Å². The summed E-state index contributed by atoms with van der Waals surface area (Å²) in [6, 6.07) is 0. The van der Waals surface area contributed by atoms with Gasteiger partial charge in [0.25, 0.3) is 0 Å². The minimum atomic E-state index is -3.02. The zero-order valence-corrected chi connectivity index (χ0v) is 18.6. The molecule has 1 saturated heterocycles. The molecule has 0 radical (unpaired) electrons. The third-order valence-corrected chi connectivity index (χ3v) is 5.48. The van der Waals surface area contributed by atoms with E-state index >= 15 is 0 Å². The highest BCUT2D eigenvalue weighted by atomic mass is 127. The summed E-state index contributed by atoms with van der Waals surface area (Å²) in [5.74, 6) is 7.11. The first-order valence-electron chi connectivity index (χ1n) is 9.39. The Labute approximate surface area is 186 Å². The highest BCUT2D eigenvalue weighted by Crippen LogP contribution is 2.39. The third-order valence-electron chi connectivity index (χ3n) is 4.96. The molecular formula is C21H18F2IN5O. The molecule has 154 valence electrons. The summed E-state index contributed by atoms with van der Waals surface area (Å²) in [6.07, 6.45) is 8.46. The second kappa shape index (κ2) is 7.91. The maximum absolute atomic E-state index is 13.8. The van der Waals surface area contributed by atoms with Crippen LogP contribution in [0.25, 0.3) is 0 Å². The number of carbonyl (C=O) groups excluding carboxylic acids is 1.